The molecule has 4 N–H and O–H groups in total. The first-order valence-corrected chi connectivity index (χ1v) is 10.6. The van der Waals surface area contributed by atoms with Crippen LogP contribution in [-0.2, 0) is 14.3 Å². The number of anilines is 1. The summed E-state index contributed by atoms with van der Waals surface area (Å²) in [6.07, 6.45) is 0. The molecule has 11 heteroatoms. The number of methoxy groups -OCH3 is 2. The summed E-state index contributed by atoms with van der Waals surface area (Å²) in [5, 5.41) is 5.38. The SMILES string of the molecule is CCOC(=O)C1=C(COC(=O)c2cc(Cl)c(N)cc2OC)NC(=O)NC1c1ccc(OC)cc1. The number of nitrogens with one attached hydrogen (secondary N) is 2. The smallest absolute Gasteiger partial charge is 0.342 e. The van der Waals surface area contributed by atoms with E-state index in [2.05, 4.69) is 10.6 Å². The van der Waals surface area contributed by atoms with Gasteiger partial charge in [-0.1, -0.05) is 23.7 Å². The number of ether oxygens (including phenoxy) is 4. The Hall–Kier alpha value is -3.92. The van der Waals surface area contributed by atoms with Crippen molar-refractivity contribution in [2.45, 2.75) is 13.0 Å². The summed E-state index contributed by atoms with van der Waals surface area (Å²) in [4.78, 5) is 38.0. The fourth-order valence-corrected chi connectivity index (χ4v) is 3.50. The van der Waals surface area contributed by atoms with Gasteiger partial charge in [-0.3, -0.25) is 0 Å². The number of benzene rings is 2. The van der Waals surface area contributed by atoms with Gasteiger partial charge in [0.15, 0.2) is 0 Å². The molecule has 0 radical (unpaired) electrons. The summed E-state index contributed by atoms with van der Waals surface area (Å²) < 4.78 is 20.9. The zero-order valence-corrected chi connectivity index (χ0v) is 19.5. The molecule has 10 nitrogen and oxygen atoms in total. The second-order valence-corrected chi connectivity index (χ2v) is 7.47. The third kappa shape index (κ3) is 5.34. The van der Waals surface area contributed by atoms with Gasteiger partial charge in [-0.25, -0.2) is 14.4 Å². The van der Waals surface area contributed by atoms with Crippen molar-refractivity contribution in [2.24, 2.45) is 0 Å². The molecule has 0 bridgehead atoms. The Kier molecular flexibility index (Phi) is 7.85. The molecule has 1 unspecified atom stereocenters. The van der Waals surface area contributed by atoms with Crippen molar-refractivity contribution in [3.8, 4) is 11.5 Å². The second-order valence-electron chi connectivity index (χ2n) is 7.07. The van der Waals surface area contributed by atoms with E-state index >= 15 is 0 Å². The van der Waals surface area contributed by atoms with Crippen molar-refractivity contribution >= 4 is 35.3 Å². The molecule has 3 rings (SSSR count). The van der Waals surface area contributed by atoms with Crippen LogP contribution in [0.15, 0.2) is 47.7 Å². The summed E-state index contributed by atoms with van der Waals surface area (Å²) in [6.45, 7) is 1.35. The second kappa shape index (κ2) is 10.8. The minimum absolute atomic E-state index is 0.0342. The highest BCUT2D eigenvalue weighted by Crippen LogP contribution is 2.31. The molecule has 0 aromatic heterocycles. The molecule has 2 aromatic rings. The largest absolute Gasteiger partial charge is 0.497 e. The lowest BCUT2D eigenvalue weighted by Gasteiger charge is -2.29. The average Bonchev–Trinajstić information content (AvgIpc) is 2.83. The third-order valence-corrected chi connectivity index (χ3v) is 5.31. The van der Waals surface area contributed by atoms with Crippen LogP contribution in [0.1, 0.15) is 28.9 Å². The normalized spacial score (nSPS) is 15.2. The number of rotatable bonds is 8. The van der Waals surface area contributed by atoms with E-state index in [1.165, 1.54) is 26.4 Å². The van der Waals surface area contributed by atoms with Gasteiger partial charge in [-0.2, -0.15) is 0 Å². The van der Waals surface area contributed by atoms with E-state index in [9.17, 15) is 14.4 Å². The first kappa shape index (κ1) is 24.7. The Labute approximate surface area is 200 Å². The summed E-state index contributed by atoms with van der Waals surface area (Å²) in [6, 6.07) is 8.11. The number of hydrogen-bond donors (Lipinski definition) is 3. The minimum atomic E-state index is -0.840. The van der Waals surface area contributed by atoms with Crippen LogP contribution in [0.4, 0.5) is 10.5 Å². The summed E-state index contributed by atoms with van der Waals surface area (Å²) in [5.74, 6) is -0.689. The molecule has 0 saturated heterocycles. The molecule has 0 saturated carbocycles. The number of urea groups is 1. The number of halogens is 1. The van der Waals surface area contributed by atoms with Crippen molar-refractivity contribution in [3.05, 3.63) is 63.8 Å². The van der Waals surface area contributed by atoms with Crippen LogP contribution in [0.2, 0.25) is 5.02 Å². The molecule has 2 aromatic carbocycles. The van der Waals surface area contributed by atoms with Crippen LogP contribution >= 0.6 is 11.6 Å². The predicted octanol–water partition coefficient (Wildman–Crippen LogP) is 2.97. The molecule has 34 heavy (non-hydrogen) atoms. The zero-order valence-electron chi connectivity index (χ0n) is 18.8. The van der Waals surface area contributed by atoms with Crippen molar-refractivity contribution in [2.75, 3.05) is 33.2 Å². The molecule has 1 aliphatic rings. The van der Waals surface area contributed by atoms with Crippen molar-refractivity contribution < 1.29 is 33.3 Å². The van der Waals surface area contributed by atoms with Crippen molar-refractivity contribution in [1.29, 1.82) is 0 Å². The summed E-state index contributed by atoms with van der Waals surface area (Å²) in [7, 11) is 2.90. The Morgan fingerprint density at radius 3 is 2.38 bits per heavy atom. The minimum Gasteiger partial charge on any atom is -0.497 e. The van der Waals surface area contributed by atoms with Crippen LogP contribution in [-0.4, -0.2) is 45.4 Å². The number of hydrogen-bond acceptors (Lipinski definition) is 8. The van der Waals surface area contributed by atoms with E-state index in [-0.39, 0.29) is 39.9 Å². The number of carbonyl (C=O) groups excluding carboxylic acids is 3. The van der Waals surface area contributed by atoms with E-state index in [0.29, 0.717) is 11.3 Å². The lowest BCUT2D eigenvalue weighted by molar-refractivity contribution is -0.139. The number of carbonyl (C=O) groups is 3. The molecule has 2 amide bonds. The van der Waals surface area contributed by atoms with Crippen LogP contribution < -0.4 is 25.8 Å². The zero-order chi connectivity index (χ0) is 24.8. The molecule has 1 aliphatic heterocycles. The number of amides is 2. The quantitative estimate of drug-likeness (QED) is 0.380. The van der Waals surface area contributed by atoms with Gasteiger partial charge in [0.2, 0.25) is 0 Å². The lowest BCUT2D eigenvalue weighted by Crippen LogP contribution is -2.47. The molecule has 1 heterocycles. The number of nitrogens with two attached hydrogens (primary N) is 1. The van der Waals surface area contributed by atoms with Crippen LogP contribution in [0.3, 0.4) is 0 Å². The van der Waals surface area contributed by atoms with Gasteiger partial charge in [-0.15, -0.1) is 0 Å². The van der Waals surface area contributed by atoms with E-state index in [4.69, 9.17) is 36.3 Å². The molecule has 180 valence electrons. The number of nitrogen functional groups attached to an aromatic ring is 1. The average molecular weight is 490 g/mol. The van der Waals surface area contributed by atoms with Crippen LogP contribution in [0, 0.1) is 0 Å². The Balaban J connectivity index is 1.95. The van der Waals surface area contributed by atoms with Crippen molar-refractivity contribution in [1.82, 2.24) is 10.6 Å². The van der Waals surface area contributed by atoms with E-state index in [1.54, 1.807) is 31.2 Å². The Bertz CT molecular complexity index is 1130. The highest BCUT2D eigenvalue weighted by molar-refractivity contribution is 6.33. The van der Waals surface area contributed by atoms with Gasteiger partial charge >= 0.3 is 18.0 Å². The van der Waals surface area contributed by atoms with Gasteiger partial charge in [0.1, 0.15) is 23.7 Å². The Morgan fingerprint density at radius 2 is 1.76 bits per heavy atom. The standard InChI is InChI=1S/C23H24ClN3O7/c1-4-33-22(29)19-17(11-34-21(28)14-9-15(24)16(25)10-18(14)32-3)26-23(30)27-20(19)12-5-7-13(31-2)8-6-12/h5-10,20H,4,11,25H2,1-3H3,(H2,26,27,30). The molecule has 0 spiro atoms. The molecule has 0 aliphatic carbocycles. The van der Waals surface area contributed by atoms with Crippen molar-refractivity contribution in [3.63, 3.8) is 0 Å². The maximum atomic E-state index is 12.8. The molecular formula is C23H24ClN3O7. The van der Waals surface area contributed by atoms with Gasteiger partial charge in [0.05, 0.1) is 48.8 Å². The summed E-state index contributed by atoms with van der Waals surface area (Å²) in [5.41, 5.74) is 6.81. The van der Waals surface area contributed by atoms with Gasteiger partial charge < -0.3 is 35.3 Å². The van der Waals surface area contributed by atoms with E-state index < -0.39 is 30.6 Å². The van der Waals surface area contributed by atoms with Gasteiger partial charge in [-0.05, 0) is 30.7 Å². The fraction of sp³-hybridized carbons (Fsp3) is 0.261. The highest BCUT2D eigenvalue weighted by Gasteiger charge is 2.34. The molecule has 0 fully saturated rings. The lowest BCUT2D eigenvalue weighted by atomic mass is 9.95. The summed E-state index contributed by atoms with van der Waals surface area (Å²) >= 11 is 6.03. The first-order valence-electron chi connectivity index (χ1n) is 10.2. The maximum Gasteiger partial charge on any atom is 0.342 e. The monoisotopic (exact) mass is 489 g/mol. The van der Waals surface area contributed by atoms with E-state index in [0.717, 1.165) is 0 Å². The number of esters is 2. The molecular weight excluding hydrogens is 466 g/mol. The first-order chi connectivity index (χ1) is 16.3. The fourth-order valence-electron chi connectivity index (χ4n) is 3.34. The predicted molar refractivity (Wildman–Crippen MR) is 124 cm³/mol. The van der Waals surface area contributed by atoms with E-state index in [1.807, 2.05) is 0 Å². The van der Waals surface area contributed by atoms with Gasteiger partial charge in [0, 0.05) is 6.07 Å². The molecule has 1 atom stereocenters. The Morgan fingerprint density at radius 1 is 1.06 bits per heavy atom. The highest BCUT2D eigenvalue weighted by atomic mass is 35.5. The van der Waals surface area contributed by atoms with Crippen LogP contribution in [0.25, 0.3) is 0 Å². The third-order valence-electron chi connectivity index (χ3n) is 4.98. The topological polar surface area (TPSA) is 138 Å². The van der Waals surface area contributed by atoms with Crippen LogP contribution in [0.5, 0.6) is 11.5 Å². The van der Waals surface area contributed by atoms with Gasteiger partial charge in [0.25, 0.3) is 0 Å². The maximum absolute atomic E-state index is 12.8.